The molecule has 9 rings (SSSR count). The van der Waals surface area contributed by atoms with Crippen LogP contribution in [0.3, 0.4) is 0 Å². The van der Waals surface area contributed by atoms with Crippen LogP contribution in [0, 0.1) is 13.8 Å². The van der Waals surface area contributed by atoms with Gasteiger partial charge in [0.15, 0.2) is 0 Å². The molecule has 58 heavy (non-hydrogen) atoms. The Kier molecular flexibility index (Phi) is 10.2. The van der Waals surface area contributed by atoms with Gasteiger partial charge in [0.2, 0.25) is 0 Å². The minimum absolute atomic E-state index is 1.13. The van der Waals surface area contributed by atoms with Crippen molar-refractivity contribution in [1.82, 2.24) is 0 Å². The molecule has 278 valence electrons. The summed E-state index contributed by atoms with van der Waals surface area (Å²) in [6.07, 6.45) is 8.80. The highest BCUT2D eigenvalue weighted by atomic mass is 15.1. The number of benzene rings is 9. The minimum atomic E-state index is 1.13. The van der Waals surface area contributed by atoms with Gasteiger partial charge in [-0.3, -0.25) is 0 Å². The molecule has 2 nitrogen and oxygen atoms in total. The Balaban J connectivity index is 0.902. The molecule has 0 N–H and O–H groups in total. The highest BCUT2D eigenvalue weighted by Gasteiger charge is 2.13. The fraction of sp³-hybridized carbons (Fsp3) is 0.0357. The Bertz CT molecular complexity index is 2650. The molecule has 0 aliphatic heterocycles. The monoisotopic (exact) mass is 744 g/mol. The van der Waals surface area contributed by atoms with E-state index in [1.807, 2.05) is 0 Å². The maximum absolute atomic E-state index is 2.30. The number of para-hydroxylation sites is 2. The molecule has 0 atom stereocenters. The molecule has 0 unspecified atom stereocenters. The summed E-state index contributed by atoms with van der Waals surface area (Å²) in [5.41, 5.74) is 14.0. The summed E-state index contributed by atoms with van der Waals surface area (Å²) in [5, 5.41) is 4.94. The maximum Gasteiger partial charge on any atom is 0.0462 e. The quantitative estimate of drug-likeness (QED) is 0.102. The Hall–Kier alpha value is -7.42. The van der Waals surface area contributed by atoms with Crippen molar-refractivity contribution in [2.24, 2.45) is 0 Å². The SMILES string of the molecule is Cc1ccc(N(c2ccccc2)c2ccc(/C=C/c3ccc4cc5cc(/C=C/c6ccc(N(c7ccccc7)c7ccc(C)cc7)cc6)ccc5cc4c3)cc2)cc1. The molecule has 0 spiro atoms. The Morgan fingerprint density at radius 2 is 0.552 bits per heavy atom. The number of nitrogens with zero attached hydrogens (tertiary/aromatic N) is 2. The van der Waals surface area contributed by atoms with E-state index in [1.165, 1.54) is 43.8 Å². The van der Waals surface area contributed by atoms with E-state index in [0.717, 1.165) is 45.3 Å². The standard InChI is InChI=1S/C56H44N2/c1-41-13-29-53(30-14-41)57(51-9-5-3-6-10-51)55-33-23-43(24-34-55)17-19-45-21-27-47-40-50-38-46(22-28-48(50)39-49(47)37-45)20-18-44-25-35-56(36-26-44)58(52-11-7-4-8-12-52)54-31-15-42(2)16-32-54/h3-40H,1-2H3/b19-17+,20-18+. The van der Waals surface area contributed by atoms with Crippen LogP contribution in [-0.4, -0.2) is 0 Å². The molecule has 2 heteroatoms. The van der Waals surface area contributed by atoms with Crippen molar-refractivity contribution in [3.05, 3.63) is 240 Å². The molecule has 9 aromatic rings. The van der Waals surface area contributed by atoms with Crippen LogP contribution in [0.2, 0.25) is 0 Å². The van der Waals surface area contributed by atoms with E-state index >= 15 is 0 Å². The van der Waals surface area contributed by atoms with E-state index in [1.54, 1.807) is 0 Å². The molecule has 0 heterocycles. The van der Waals surface area contributed by atoms with Crippen LogP contribution in [0.1, 0.15) is 33.4 Å². The molecule has 0 aliphatic carbocycles. The van der Waals surface area contributed by atoms with E-state index < -0.39 is 0 Å². The summed E-state index contributed by atoms with van der Waals surface area (Å²) in [6, 6.07) is 74.1. The largest absolute Gasteiger partial charge is 0.311 e. The van der Waals surface area contributed by atoms with E-state index in [-0.39, 0.29) is 0 Å². The average Bonchev–Trinajstić information content (AvgIpc) is 3.27. The summed E-state index contributed by atoms with van der Waals surface area (Å²) < 4.78 is 0. The lowest BCUT2D eigenvalue weighted by Crippen LogP contribution is -2.09. The first-order chi connectivity index (χ1) is 28.5. The van der Waals surface area contributed by atoms with Crippen LogP contribution >= 0.6 is 0 Å². The predicted molar refractivity (Wildman–Crippen MR) is 251 cm³/mol. The van der Waals surface area contributed by atoms with Gasteiger partial charge < -0.3 is 9.80 Å². The van der Waals surface area contributed by atoms with Gasteiger partial charge >= 0.3 is 0 Å². The van der Waals surface area contributed by atoms with Gasteiger partial charge in [-0.25, -0.2) is 0 Å². The number of anilines is 6. The van der Waals surface area contributed by atoms with Gasteiger partial charge in [0.1, 0.15) is 0 Å². The smallest absolute Gasteiger partial charge is 0.0462 e. The number of hydrogen-bond acceptors (Lipinski definition) is 2. The van der Waals surface area contributed by atoms with E-state index in [9.17, 15) is 0 Å². The second kappa shape index (κ2) is 16.4. The zero-order valence-corrected chi connectivity index (χ0v) is 32.8. The van der Waals surface area contributed by atoms with Crippen molar-refractivity contribution < 1.29 is 0 Å². The van der Waals surface area contributed by atoms with Gasteiger partial charge in [0.25, 0.3) is 0 Å². The first-order valence-corrected chi connectivity index (χ1v) is 19.9. The first-order valence-electron chi connectivity index (χ1n) is 19.9. The van der Waals surface area contributed by atoms with Gasteiger partial charge in [0, 0.05) is 34.1 Å². The molecule has 0 fully saturated rings. The molecular formula is C56H44N2. The van der Waals surface area contributed by atoms with Crippen molar-refractivity contribution in [1.29, 1.82) is 0 Å². The number of aryl methyl sites for hydroxylation is 2. The Labute approximate surface area is 341 Å². The number of fused-ring (bicyclic) bond motifs is 2. The topological polar surface area (TPSA) is 6.48 Å². The Morgan fingerprint density at radius 3 is 0.914 bits per heavy atom. The first kappa shape index (κ1) is 36.2. The lowest BCUT2D eigenvalue weighted by Gasteiger charge is -2.25. The fourth-order valence-electron chi connectivity index (χ4n) is 7.53. The van der Waals surface area contributed by atoms with Crippen LogP contribution in [0.15, 0.2) is 206 Å². The molecule has 0 saturated heterocycles. The van der Waals surface area contributed by atoms with Gasteiger partial charge in [-0.05, 0) is 155 Å². The van der Waals surface area contributed by atoms with Gasteiger partial charge in [-0.1, -0.05) is 145 Å². The summed E-state index contributed by atoms with van der Waals surface area (Å²) in [4.78, 5) is 4.59. The minimum Gasteiger partial charge on any atom is -0.311 e. The van der Waals surface area contributed by atoms with Gasteiger partial charge in [0.05, 0.1) is 0 Å². The number of rotatable bonds is 10. The third-order valence-corrected chi connectivity index (χ3v) is 10.7. The zero-order chi connectivity index (χ0) is 39.3. The van der Waals surface area contributed by atoms with Crippen molar-refractivity contribution in [2.45, 2.75) is 13.8 Å². The molecule has 0 saturated carbocycles. The van der Waals surface area contributed by atoms with Crippen molar-refractivity contribution in [3.63, 3.8) is 0 Å². The van der Waals surface area contributed by atoms with Crippen LogP contribution in [0.5, 0.6) is 0 Å². The molecular weight excluding hydrogens is 701 g/mol. The van der Waals surface area contributed by atoms with Crippen LogP contribution in [0.4, 0.5) is 34.1 Å². The van der Waals surface area contributed by atoms with E-state index in [4.69, 9.17) is 0 Å². The summed E-state index contributed by atoms with van der Waals surface area (Å²) >= 11 is 0. The Morgan fingerprint density at radius 1 is 0.259 bits per heavy atom. The molecule has 0 radical (unpaired) electrons. The molecule has 9 aromatic carbocycles. The van der Waals surface area contributed by atoms with Gasteiger partial charge in [-0.2, -0.15) is 0 Å². The lowest BCUT2D eigenvalue weighted by atomic mass is 9.99. The predicted octanol–water partition coefficient (Wildman–Crippen LogP) is 15.9. The van der Waals surface area contributed by atoms with Crippen LogP contribution in [0.25, 0.3) is 45.8 Å². The van der Waals surface area contributed by atoms with Crippen molar-refractivity contribution in [2.75, 3.05) is 9.80 Å². The van der Waals surface area contributed by atoms with Crippen LogP contribution in [-0.2, 0) is 0 Å². The summed E-state index contributed by atoms with van der Waals surface area (Å²) in [5.74, 6) is 0. The highest BCUT2D eigenvalue weighted by Crippen LogP contribution is 2.36. The molecule has 0 aromatic heterocycles. The zero-order valence-electron chi connectivity index (χ0n) is 32.8. The summed E-state index contributed by atoms with van der Waals surface area (Å²) in [6.45, 7) is 4.25. The molecule has 0 aliphatic rings. The second-order valence-corrected chi connectivity index (χ2v) is 14.9. The fourth-order valence-corrected chi connectivity index (χ4v) is 7.53. The summed E-state index contributed by atoms with van der Waals surface area (Å²) in [7, 11) is 0. The van der Waals surface area contributed by atoms with Crippen molar-refractivity contribution >= 4 is 80.0 Å². The third-order valence-electron chi connectivity index (χ3n) is 10.7. The van der Waals surface area contributed by atoms with E-state index in [2.05, 4.69) is 254 Å². The third kappa shape index (κ3) is 8.09. The van der Waals surface area contributed by atoms with Crippen LogP contribution < -0.4 is 9.80 Å². The maximum atomic E-state index is 2.30. The lowest BCUT2D eigenvalue weighted by molar-refractivity contribution is 1.27. The van der Waals surface area contributed by atoms with Gasteiger partial charge in [-0.15, -0.1) is 0 Å². The van der Waals surface area contributed by atoms with E-state index in [0.29, 0.717) is 0 Å². The van der Waals surface area contributed by atoms with Crippen molar-refractivity contribution in [3.8, 4) is 0 Å². The average molecular weight is 745 g/mol. The highest BCUT2D eigenvalue weighted by molar-refractivity contribution is 6.00. The normalized spacial score (nSPS) is 11.5. The second-order valence-electron chi connectivity index (χ2n) is 14.9. The number of hydrogen-bond donors (Lipinski definition) is 0. The molecule has 0 bridgehead atoms. The molecule has 0 amide bonds.